The van der Waals surface area contributed by atoms with Crippen LogP contribution in [0.2, 0.25) is 0 Å². The highest BCUT2D eigenvalue weighted by Crippen LogP contribution is 2.29. The van der Waals surface area contributed by atoms with Gasteiger partial charge >= 0.3 is 5.97 Å². The molecule has 20 heavy (non-hydrogen) atoms. The Morgan fingerprint density at radius 2 is 1.95 bits per heavy atom. The number of thioether (sulfide) groups is 1. The molecule has 1 atom stereocenters. The molecule has 0 bridgehead atoms. The van der Waals surface area contributed by atoms with E-state index in [1.807, 2.05) is 20.8 Å². The standard InChI is InChI=1S/C16H31NO2S/c1-13(2)17-16(3,15(18)19)11-7-8-12-20-14-9-5-4-6-10-14/h13-14,17H,4-12H2,1-3H3,(H,18,19). The smallest absolute Gasteiger partial charge is 0.323 e. The molecule has 0 amide bonds. The van der Waals surface area contributed by atoms with Crippen molar-refractivity contribution in [2.24, 2.45) is 0 Å². The third-order valence-electron chi connectivity index (χ3n) is 4.06. The van der Waals surface area contributed by atoms with Gasteiger partial charge in [0, 0.05) is 11.3 Å². The molecule has 0 aromatic rings. The Morgan fingerprint density at radius 3 is 2.50 bits per heavy atom. The Labute approximate surface area is 128 Å². The normalized spacial score (nSPS) is 20.0. The van der Waals surface area contributed by atoms with Gasteiger partial charge in [-0.15, -0.1) is 0 Å². The minimum Gasteiger partial charge on any atom is -0.480 e. The lowest BCUT2D eigenvalue weighted by Gasteiger charge is -2.28. The molecule has 0 radical (unpaired) electrons. The molecule has 3 nitrogen and oxygen atoms in total. The van der Waals surface area contributed by atoms with Gasteiger partial charge in [-0.05, 0) is 52.2 Å². The van der Waals surface area contributed by atoms with E-state index < -0.39 is 11.5 Å². The topological polar surface area (TPSA) is 49.3 Å². The molecule has 0 saturated heterocycles. The molecule has 0 aliphatic heterocycles. The van der Waals surface area contributed by atoms with Crippen LogP contribution in [0.5, 0.6) is 0 Å². The number of carboxylic acids is 1. The zero-order valence-electron chi connectivity index (χ0n) is 13.3. The molecule has 118 valence electrons. The molecule has 1 unspecified atom stereocenters. The van der Waals surface area contributed by atoms with E-state index in [1.54, 1.807) is 0 Å². The summed E-state index contributed by atoms with van der Waals surface area (Å²) in [7, 11) is 0. The first-order chi connectivity index (χ1) is 9.44. The van der Waals surface area contributed by atoms with Crippen LogP contribution in [0.25, 0.3) is 0 Å². The molecular formula is C16H31NO2S. The Hall–Kier alpha value is -0.220. The van der Waals surface area contributed by atoms with E-state index >= 15 is 0 Å². The van der Waals surface area contributed by atoms with Crippen LogP contribution in [0.15, 0.2) is 0 Å². The Balaban J connectivity index is 2.18. The zero-order chi connectivity index (χ0) is 15.0. The van der Waals surface area contributed by atoms with Crippen LogP contribution in [-0.4, -0.2) is 33.7 Å². The van der Waals surface area contributed by atoms with Gasteiger partial charge in [-0.2, -0.15) is 11.8 Å². The molecule has 0 aromatic heterocycles. The van der Waals surface area contributed by atoms with Crippen LogP contribution in [0.3, 0.4) is 0 Å². The number of rotatable bonds is 9. The van der Waals surface area contributed by atoms with E-state index in [1.165, 1.54) is 37.9 Å². The number of aliphatic carboxylic acids is 1. The first-order valence-electron chi connectivity index (χ1n) is 8.07. The highest BCUT2D eigenvalue weighted by Gasteiger charge is 2.32. The fourth-order valence-corrected chi connectivity index (χ4v) is 4.31. The minimum absolute atomic E-state index is 0.202. The van der Waals surface area contributed by atoms with Crippen molar-refractivity contribution in [2.45, 2.75) is 89.0 Å². The molecular weight excluding hydrogens is 270 g/mol. The summed E-state index contributed by atoms with van der Waals surface area (Å²) in [6.45, 7) is 5.81. The number of nitrogens with one attached hydrogen (secondary N) is 1. The summed E-state index contributed by atoms with van der Waals surface area (Å²) >= 11 is 2.10. The predicted molar refractivity (Wildman–Crippen MR) is 87.5 cm³/mol. The summed E-state index contributed by atoms with van der Waals surface area (Å²) in [5, 5.41) is 13.4. The fraction of sp³-hybridized carbons (Fsp3) is 0.938. The van der Waals surface area contributed by atoms with Gasteiger partial charge < -0.3 is 5.11 Å². The zero-order valence-corrected chi connectivity index (χ0v) is 14.1. The summed E-state index contributed by atoms with van der Waals surface area (Å²) in [5.41, 5.74) is -0.774. The summed E-state index contributed by atoms with van der Waals surface area (Å²) in [5.74, 6) is 0.452. The van der Waals surface area contributed by atoms with Crippen molar-refractivity contribution in [2.75, 3.05) is 5.75 Å². The van der Waals surface area contributed by atoms with Crippen LogP contribution in [0, 0.1) is 0 Å². The largest absolute Gasteiger partial charge is 0.480 e. The van der Waals surface area contributed by atoms with Gasteiger partial charge in [-0.3, -0.25) is 10.1 Å². The summed E-state index contributed by atoms with van der Waals surface area (Å²) < 4.78 is 0. The average molecular weight is 301 g/mol. The lowest BCUT2D eigenvalue weighted by Crippen LogP contribution is -2.52. The van der Waals surface area contributed by atoms with Gasteiger partial charge in [0.2, 0.25) is 0 Å². The van der Waals surface area contributed by atoms with Crippen LogP contribution in [0.4, 0.5) is 0 Å². The predicted octanol–water partition coefficient (Wildman–Crippen LogP) is 4.06. The maximum absolute atomic E-state index is 11.4. The van der Waals surface area contributed by atoms with Crippen molar-refractivity contribution < 1.29 is 9.90 Å². The third kappa shape index (κ3) is 6.49. The van der Waals surface area contributed by atoms with E-state index in [-0.39, 0.29) is 6.04 Å². The molecule has 0 heterocycles. The number of hydrogen-bond acceptors (Lipinski definition) is 3. The third-order valence-corrected chi connectivity index (χ3v) is 5.52. The maximum atomic E-state index is 11.4. The van der Waals surface area contributed by atoms with Crippen LogP contribution >= 0.6 is 11.8 Å². The van der Waals surface area contributed by atoms with Crippen molar-refractivity contribution in [3.05, 3.63) is 0 Å². The molecule has 0 spiro atoms. The SMILES string of the molecule is CC(C)NC(C)(CCCCSC1CCCCC1)C(=O)O. The quantitative estimate of drug-likeness (QED) is 0.630. The van der Waals surface area contributed by atoms with E-state index in [4.69, 9.17) is 0 Å². The molecule has 4 heteroatoms. The van der Waals surface area contributed by atoms with E-state index in [0.717, 1.165) is 18.1 Å². The van der Waals surface area contributed by atoms with Crippen LogP contribution < -0.4 is 5.32 Å². The first kappa shape index (κ1) is 17.8. The monoisotopic (exact) mass is 301 g/mol. The number of carboxylic acid groups (broad SMARTS) is 1. The number of hydrogen-bond donors (Lipinski definition) is 2. The maximum Gasteiger partial charge on any atom is 0.323 e. The second-order valence-electron chi connectivity index (χ2n) is 6.52. The molecule has 1 aliphatic carbocycles. The van der Waals surface area contributed by atoms with Crippen molar-refractivity contribution in [3.8, 4) is 0 Å². The van der Waals surface area contributed by atoms with Gasteiger partial charge in [0.1, 0.15) is 5.54 Å². The number of carbonyl (C=O) groups is 1. The van der Waals surface area contributed by atoms with Gasteiger partial charge in [-0.25, -0.2) is 0 Å². The highest BCUT2D eigenvalue weighted by molar-refractivity contribution is 7.99. The van der Waals surface area contributed by atoms with Gasteiger partial charge in [-0.1, -0.05) is 25.7 Å². The minimum atomic E-state index is -0.774. The summed E-state index contributed by atoms with van der Waals surface area (Å²) in [6.07, 6.45) is 9.80. The van der Waals surface area contributed by atoms with Crippen molar-refractivity contribution >= 4 is 17.7 Å². The number of unbranched alkanes of at least 4 members (excludes halogenated alkanes) is 1. The van der Waals surface area contributed by atoms with Gasteiger partial charge in [0.05, 0.1) is 0 Å². The van der Waals surface area contributed by atoms with Crippen LogP contribution in [-0.2, 0) is 4.79 Å². The molecule has 0 aromatic carbocycles. The Kier molecular flexibility index (Phi) is 7.96. The second-order valence-corrected chi connectivity index (χ2v) is 7.93. The molecule has 1 saturated carbocycles. The second kappa shape index (κ2) is 8.93. The summed E-state index contributed by atoms with van der Waals surface area (Å²) in [4.78, 5) is 11.4. The van der Waals surface area contributed by atoms with E-state index in [0.29, 0.717) is 6.42 Å². The molecule has 1 fully saturated rings. The fourth-order valence-electron chi connectivity index (χ4n) is 2.94. The van der Waals surface area contributed by atoms with Crippen LogP contribution in [0.1, 0.15) is 72.1 Å². The molecule has 1 aliphatic rings. The van der Waals surface area contributed by atoms with Gasteiger partial charge in [0.15, 0.2) is 0 Å². The molecule has 2 N–H and O–H groups in total. The average Bonchev–Trinajstić information content (AvgIpc) is 2.38. The highest BCUT2D eigenvalue weighted by atomic mass is 32.2. The Bertz CT molecular complexity index is 290. The molecule has 1 rings (SSSR count). The van der Waals surface area contributed by atoms with Crippen molar-refractivity contribution in [3.63, 3.8) is 0 Å². The first-order valence-corrected chi connectivity index (χ1v) is 9.11. The van der Waals surface area contributed by atoms with E-state index in [2.05, 4.69) is 17.1 Å². The Morgan fingerprint density at radius 1 is 1.30 bits per heavy atom. The summed E-state index contributed by atoms with van der Waals surface area (Å²) in [6, 6.07) is 0.202. The van der Waals surface area contributed by atoms with Crippen molar-refractivity contribution in [1.82, 2.24) is 5.32 Å². The van der Waals surface area contributed by atoms with Crippen molar-refractivity contribution in [1.29, 1.82) is 0 Å². The van der Waals surface area contributed by atoms with Gasteiger partial charge in [0.25, 0.3) is 0 Å². The lowest BCUT2D eigenvalue weighted by molar-refractivity contribution is -0.144. The van der Waals surface area contributed by atoms with E-state index in [9.17, 15) is 9.90 Å². The lowest BCUT2D eigenvalue weighted by atomic mass is 9.94.